The molecule has 3 rings (SSSR count). The van der Waals surface area contributed by atoms with Crippen LogP contribution < -0.4 is 10.0 Å². The number of nitrogens with one attached hydrogen (secondary N) is 2. The van der Waals surface area contributed by atoms with Gasteiger partial charge in [-0.1, -0.05) is 0 Å². The summed E-state index contributed by atoms with van der Waals surface area (Å²) < 4.78 is 26.1. The first-order valence-electron chi connectivity index (χ1n) is 10.4. The first-order chi connectivity index (χ1) is 14.2. The van der Waals surface area contributed by atoms with Crippen molar-refractivity contribution in [1.82, 2.24) is 9.62 Å². The van der Waals surface area contributed by atoms with Crippen molar-refractivity contribution < 1.29 is 18.5 Å². The van der Waals surface area contributed by atoms with Crippen molar-refractivity contribution in [3.05, 3.63) is 23.3 Å². The van der Waals surface area contributed by atoms with Gasteiger partial charge < -0.3 is 19.7 Å². The Bertz CT molecular complexity index is 844. The maximum Gasteiger partial charge on any atom is 0.338 e. The van der Waals surface area contributed by atoms with Crippen LogP contribution in [-0.2, 0) is 20.5 Å². The smallest absolute Gasteiger partial charge is 0.338 e. The fourth-order valence-corrected chi connectivity index (χ4v) is 4.13. The summed E-state index contributed by atoms with van der Waals surface area (Å²) in [4.78, 5) is 19.6. The number of anilines is 1. The van der Waals surface area contributed by atoms with Gasteiger partial charge in [-0.25, -0.2) is 18.7 Å². The Kier molecular flexibility index (Phi) is 7.15. The van der Waals surface area contributed by atoms with Crippen molar-refractivity contribution in [1.29, 1.82) is 0 Å². The molecule has 8 nitrogen and oxygen atoms in total. The molecule has 0 radical (unpaired) electrons. The van der Waals surface area contributed by atoms with E-state index in [-0.39, 0.29) is 12.0 Å². The molecule has 1 saturated heterocycles. The maximum absolute atomic E-state index is 12.7. The molecule has 166 valence electrons. The first kappa shape index (κ1) is 22.7. The van der Waals surface area contributed by atoms with E-state index in [0.29, 0.717) is 31.9 Å². The maximum atomic E-state index is 12.7. The Balaban J connectivity index is 2.00. The van der Waals surface area contributed by atoms with E-state index in [9.17, 15) is 9.00 Å². The van der Waals surface area contributed by atoms with E-state index >= 15 is 0 Å². The van der Waals surface area contributed by atoms with Gasteiger partial charge in [-0.15, -0.1) is 0 Å². The van der Waals surface area contributed by atoms with Gasteiger partial charge in [0.25, 0.3) is 0 Å². The highest BCUT2D eigenvalue weighted by Gasteiger charge is 2.27. The average molecular weight is 437 g/mol. The number of morpholine rings is 1. The molecule has 1 fully saturated rings. The third kappa shape index (κ3) is 5.19. The molecule has 1 unspecified atom stereocenters. The highest BCUT2D eigenvalue weighted by atomic mass is 32.2. The van der Waals surface area contributed by atoms with Gasteiger partial charge in [-0.2, -0.15) is 0 Å². The van der Waals surface area contributed by atoms with Crippen molar-refractivity contribution in [2.24, 2.45) is 4.99 Å². The lowest BCUT2D eigenvalue weighted by Crippen LogP contribution is -2.44. The van der Waals surface area contributed by atoms with Crippen LogP contribution in [0.25, 0.3) is 0 Å². The lowest BCUT2D eigenvalue weighted by Gasteiger charge is -2.33. The quantitative estimate of drug-likeness (QED) is 0.690. The van der Waals surface area contributed by atoms with Gasteiger partial charge in [0.15, 0.2) is 0 Å². The number of amidine groups is 1. The largest absolute Gasteiger partial charge is 0.462 e. The number of carbonyl (C=O) groups excluding carboxylic acids is 1. The molecule has 2 N–H and O–H groups in total. The molecule has 2 atom stereocenters. The number of hydrogen-bond acceptors (Lipinski definition) is 7. The Morgan fingerprint density at radius 3 is 2.70 bits per heavy atom. The van der Waals surface area contributed by atoms with E-state index in [0.717, 1.165) is 35.9 Å². The van der Waals surface area contributed by atoms with E-state index < -0.39 is 15.7 Å². The molecule has 0 aliphatic carbocycles. The molecule has 30 heavy (non-hydrogen) atoms. The minimum atomic E-state index is -1.26. The normalized spacial score (nSPS) is 18.7. The van der Waals surface area contributed by atoms with Gasteiger partial charge in [0.2, 0.25) is 0 Å². The van der Waals surface area contributed by atoms with Crippen molar-refractivity contribution in [2.45, 2.75) is 45.4 Å². The number of carbonyl (C=O) groups is 1. The highest BCUT2D eigenvalue weighted by Crippen LogP contribution is 2.38. The summed E-state index contributed by atoms with van der Waals surface area (Å²) in [6, 6.07) is 3.30. The van der Waals surface area contributed by atoms with Crippen LogP contribution in [0.1, 0.15) is 56.6 Å². The Hall–Kier alpha value is -1.97. The summed E-state index contributed by atoms with van der Waals surface area (Å²) in [5, 5.41) is 3.40. The SMILES string of the molecule is CCOC(=O)c1cc2c(c(C(C)N[S@@](=O)C(C)(C)C)c1)N=C(N1CCOCC1)CN2. The Morgan fingerprint density at radius 2 is 2.07 bits per heavy atom. The van der Waals surface area contributed by atoms with E-state index in [1.165, 1.54) is 0 Å². The third-order valence-electron chi connectivity index (χ3n) is 5.01. The number of ether oxygens (including phenoxy) is 2. The van der Waals surface area contributed by atoms with E-state index in [1.54, 1.807) is 19.1 Å². The number of fused-ring (bicyclic) bond motifs is 1. The Labute approximate surface area is 181 Å². The van der Waals surface area contributed by atoms with Crippen LogP contribution in [0.5, 0.6) is 0 Å². The zero-order valence-electron chi connectivity index (χ0n) is 18.4. The highest BCUT2D eigenvalue weighted by molar-refractivity contribution is 7.84. The molecule has 0 saturated carbocycles. The second kappa shape index (κ2) is 9.45. The van der Waals surface area contributed by atoms with Crippen molar-refractivity contribution in [2.75, 3.05) is 44.8 Å². The van der Waals surface area contributed by atoms with Crippen LogP contribution >= 0.6 is 0 Å². The minimum Gasteiger partial charge on any atom is -0.462 e. The summed E-state index contributed by atoms with van der Waals surface area (Å²) in [6.45, 7) is 13.3. The van der Waals surface area contributed by atoms with Crippen LogP contribution in [0.3, 0.4) is 0 Å². The lowest BCUT2D eigenvalue weighted by atomic mass is 10.0. The summed E-state index contributed by atoms with van der Waals surface area (Å²) in [6.07, 6.45) is 0. The predicted molar refractivity (Wildman–Crippen MR) is 120 cm³/mol. The number of aliphatic imine (C=N–C) groups is 1. The number of hydrogen-bond donors (Lipinski definition) is 2. The third-order valence-corrected chi connectivity index (χ3v) is 6.69. The van der Waals surface area contributed by atoms with E-state index in [1.807, 2.05) is 27.7 Å². The topological polar surface area (TPSA) is 92.3 Å². The fraction of sp³-hybridized carbons (Fsp3) is 0.619. The number of rotatable bonds is 5. The van der Waals surface area contributed by atoms with E-state index in [4.69, 9.17) is 14.5 Å². The average Bonchev–Trinajstić information content (AvgIpc) is 2.72. The van der Waals surface area contributed by atoms with Crippen LogP contribution in [0.15, 0.2) is 17.1 Å². The van der Waals surface area contributed by atoms with Gasteiger partial charge in [0, 0.05) is 19.1 Å². The van der Waals surface area contributed by atoms with Crippen LogP contribution in [0.2, 0.25) is 0 Å². The van der Waals surface area contributed by atoms with Gasteiger partial charge in [-0.3, -0.25) is 0 Å². The van der Waals surface area contributed by atoms with Crippen molar-refractivity contribution in [3.63, 3.8) is 0 Å². The van der Waals surface area contributed by atoms with Gasteiger partial charge in [0.1, 0.15) is 5.84 Å². The number of benzene rings is 1. The molecule has 1 aromatic carbocycles. The summed E-state index contributed by atoms with van der Waals surface area (Å²) >= 11 is 0. The summed E-state index contributed by atoms with van der Waals surface area (Å²) in [5.41, 5.74) is 2.81. The number of nitrogens with zero attached hydrogens (tertiary/aromatic N) is 2. The van der Waals surface area contributed by atoms with Crippen molar-refractivity contribution in [3.8, 4) is 0 Å². The number of esters is 1. The summed E-state index contributed by atoms with van der Waals surface area (Å²) in [5.74, 6) is 0.565. The molecule has 0 amide bonds. The second-order valence-electron chi connectivity index (χ2n) is 8.38. The van der Waals surface area contributed by atoms with Crippen molar-refractivity contribution >= 4 is 34.2 Å². The minimum absolute atomic E-state index is 0.275. The molecule has 0 spiro atoms. The summed E-state index contributed by atoms with van der Waals surface area (Å²) in [7, 11) is -1.26. The van der Waals surface area contributed by atoms with Crippen LogP contribution in [0, 0.1) is 0 Å². The molecule has 1 aromatic rings. The van der Waals surface area contributed by atoms with Crippen LogP contribution in [0.4, 0.5) is 11.4 Å². The molecule has 0 bridgehead atoms. The molecule has 2 aliphatic heterocycles. The van der Waals surface area contributed by atoms with Gasteiger partial charge in [-0.05, 0) is 52.3 Å². The molecule has 9 heteroatoms. The molecule has 0 aromatic heterocycles. The molecular formula is C21H32N4O4S. The van der Waals surface area contributed by atoms with E-state index in [2.05, 4.69) is 14.9 Å². The second-order valence-corrected chi connectivity index (χ2v) is 10.4. The zero-order valence-corrected chi connectivity index (χ0v) is 19.2. The monoisotopic (exact) mass is 436 g/mol. The van der Waals surface area contributed by atoms with Gasteiger partial charge >= 0.3 is 5.97 Å². The standard InChI is InChI=1S/C21H32N4O4S/c1-6-29-20(26)15-11-16(14(2)24-30(27)21(3,4)5)19-17(12-15)22-13-18(23-19)25-7-9-28-10-8-25/h11-12,14,22,24H,6-10,13H2,1-5H3/t14?,30-/m0/s1. The Morgan fingerprint density at radius 1 is 1.37 bits per heavy atom. The predicted octanol–water partition coefficient (Wildman–Crippen LogP) is 2.76. The molecular weight excluding hydrogens is 404 g/mol. The zero-order chi connectivity index (χ0) is 21.9. The molecule has 2 aliphatic rings. The van der Waals surface area contributed by atoms with Crippen LogP contribution in [-0.4, -0.2) is 65.1 Å². The first-order valence-corrected chi connectivity index (χ1v) is 11.5. The molecule has 2 heterocycles. The fourth-order valence-electron chi connectivity index (χ4n) is 3.33. The lowest BCUT2D eigenvalue weighted by molar-refractivity contribution is 0.0526. The van der Waals surface area contributed by atoms with Gasteiger partial charge in [0.05, 0.1) is 59.0 Å².